The average Bonchev–Trinajstić information content (AvgIpc) is 2.95. The van der Waals surface area contributed by atoms with Crippen molar-refractivity contribution in [1.29, 1.82) is 0 Å². The van der Waals surface area contributed by atoms with Crippen LogP contribution in [0.25, 0.3) is 11.3 Å². The van der Waals surface area contributed by atoms with Gasteiger partial charge in [-0.1, -0.05) is 35.8 Å². The van der Waals surface area contributed by atoms with Gasteiger partial charge in [0.2, 0.25) is 0 Å². The summed E-state index contributed by atoms with van der Waals surface area (Å²) in [6.07, 6.45) is 4.71. The molecule has 6 heteroatoms. The lowest BCUT2D eigenvalue weighted by Crippen LogP contribution is -1.91. The SMILES string of the molecule is C=C(/C=C(\N=C/N)c1ccc(Cl)c(Cl)c1)c1cc[nH]n1. The van der Waals surface area contributed by atoms with Gasteiger partial charge >= 0.3 is 0 Å². The van der Waals surface area contributed by atoms with Crippen LogP contribution in [-0.2, 0) is 0 Å². The molecule has 0 aliphatic carbocycles. The first kappa shape index (κ1) is 14.4. The average molecular weight is 307 g/mol. The molecule has 2 rings (SSSR count). The minimum absolute atomic E-state index is 0.452. The quantitative estimate of drug-likeness (QED) is 0.513. The van der Waals surface area contributed by atoms with Crippen molar-refractivity contribution in [3.8, 4) is 0 Å². The Labute approximate surface area is 126 Å². The van der Waals surface area contributed by atoms with E-state index in [1.807, 2.05) is 12.1 Å². The maximum absolute atomic E-state index is 6.01. The number of rotatable bonds is 4. The van der Waals surface area contributed by atoms with Crippen LogP contribution in [0.1, 0.15) is 11.3 Å². The maximum Gasteiger partial charge on any atom is 0.0915 e. The van der Waals surface area contributed by atoms with Crippen LogP contribution in [0.5, 0.6) is 0 Å². The molecule has 1 aromatic heterocycles. The van der Waals surface area contributed by atoms with Gasteiger partial charge < -0.3 is 5.73 Å². The van der Waals surface area contributed by atoms with Gasteiger partial charge in [0.15, 0.2) is 0 Å². The number of nitrogens with one attached hydrogen (secondary N) is 1. The van der Waals surface area contributed by atoms with E-state index in [2.05, 4.69) is 21.8 Å². The van der Waals surface area contributed by atoms with Crippen molar-refractivity contribution in [3.63, 3.8) is 0 Å². The fraction of sp³-hybridized carbons (Fsp3) is 0. The second-order valence-electron chi connectivity index (χ2n) is 3.92. The largest absolute Gasteiger partial charge is 0.390 e. The zero-order valence-electron chi connectivity index (χ0n) is 10.5. The Morgan fingerprint density at radius 1 is 1.30 bits per heavy atom. The summed E-state index contributed by atoms with van der Waals surface area (Å²) >= 11 is 11.9. The molecule has 0 saturated carbocycles. The predicted octanol–water partition coefficient (Wildman–Crippen LogP) is 3.76. The van der Waals surface area contributed by atoms with E-state index in [1.54, 1.807) is 24.4 Å². The van der Waals surface area contributed by atoms with Crippen molar-refractivity contribution < 1.29 is 0 Å². The van der Waals surface area contributed by atoms with Gasteiger partial charge in [-0.25, -0.2) is 4.99 Å². The Morgan fingerprint density at radius 3 is 2.70 bits per heavy atom. The van der Waals surface area contributed by atoms with E-state index in [4.69, 9.17) is 28.9 Å². The zero-order chi connectivity index (χ0) is 14.5. The molecule has 0 unspecified atom stereocenters. The molecule has 0 bridgehead atoms. The molecule has 0 radical (unpaired) electrons. The topological polar surface area (TPSA) is 67.1 Å². The molecule has 1 heterocycles. The number of hydrogen-bond acceptors (Lipinski definition) is 2. The van der Waals surface area contributed by atoms with Gasteiger partial charge in [-0.15, -0.1) is 0 Å². The number of nitrogens with two attached hydrogens (primary N) is 1. The molecule has 0 aliphatic rings. The monoisotopic (exact) mass is 306 g/mol. The fourth-order valence-corrected chi connectivity index (χ4v) is 1.91. The van der Waals surface area contributed by atoms with Crippen molar-refractivity contribution >= 4 is 40.8 Å². The van der Waals surface area contributed by atoms with Gasteiger partial charge in [0, 0.05) is 11.8 Å². The third kappa shape index (κ3) is 3.29. The van der Waals surface area contributed by atoms with E-state index in [1.165, 1.54) is 6.34 Å². The van der Waals surface area contributed by atoms with Gasteiger partial charge in [0.25, 0.3) is 0 Å². The van der Waals surface area contributed by atoms with Crippen LogP contribution in [0.3, 0.4) is 0 Å². The highest BCUT2D eigenvalue weighted by Gasteiger charge is 2.06. The fourth-order valence-electron chi connectivity index (χ4n) is 1.61. The van der Waals surface area contributed by atoms with Crippen LogP contribution in [0, 0.1) is 0 Å². The molecule has 0 fully saturated rings. The number of benzene rings is 1. The van der Waals surface area contributed by atoms with Crippen molar-refractivity contribution in [2.75, 3.05) is 0 Å². The molecule has 1 aromatic carbocycles. The van der Waals surface area contributed by atoms with Crippen LogP contribution in [-0.4, -0.2) is 16.5 Å². The minimum Gasteiger partial charge on any atom is -0.390 e. The third-order valence-corrected chi connectivity index (χ3v) is 3.31. The maximum atomic E-state index is 6.01. The van der Waals surface area contributed by atoms with Crippen molar-refractivity contribution in [1.82, 2.24) is 10.2 Å². The summed E-state index contributed by atoms with van der Waals surface area (Å²) in [5.74, 6) is 0. The lowest BCUT2D eigenvalue weighted by Gasteiger charge is -2.05. The lowest BCUT2D eigenvalue weighted by atomic mass is 10.1. The summed E-state index contributed by atoms with van der Waals surface area (Å²) in [4.78, 5) is 4.13. The molecule has 2 aromatic rings. The molecule has 20 heavy (non-hydrogen) atoms. The van der Waals surface area contributed by atoms with Crippen LogP contribution >= 0.6 is 23.2 Å². The van der Waals surface area contributed by atoms with E-state index in [0.717, 1.165) is 11.3 Å². The van der Waals surface area contributed by atoms with Gasteiger partial charge in [-0.2, -0.15) is 5.10 Å². The number of hydrogen-bond donors (Lipinski definition) is 2. The van der Waals surface area contributed by atoms with E-state index in [9.17, 15) is 0 Å². The molecule has 0 saturated heterocycles. The Kier molecular flexibility index (Phi) is 4.61. The first-order chi connectivity index (χ1) is 9.61. The van der Waals surface area contributed by atoms with E-state index < -0.39 is 0 Å². The molecule has 4 nitrogen and oxygen atoms in total. The summed E-state index contributed by atoms with van der Waals surface area (Å²) in [5.41, 5.74) is 8.24. The highest BCUT2D eigenvalue weighted by atomic mass is 35.5. The van der Waals surface area contributed by atoms with Gasteiger partial charge in [0.05, 0.1) is 27.8 Å². The number of aliphatic imine (C=N–C) groups is 1. The Balaban J connectivity index is 2.40. The molecule has 102 valence electrons. The number of halogens is 2. The standard InChI is InChI=1S/C14H12Cl2N4/c1-9(13-4-5-19-20-13)6-14(18-8-17)10-2-3-11(15)12(16)7-10/h2-8H,1H2,(H2,17,18)(H,19,20)/b14-6-. The molecule has 0 spiro atoms. The van der Waals surface area contributed by atoms with Gasteiger partial charge in [-0.05, 0) is 29.8 Å². The summed E-state index contributed by atoms with van der Waals surface area (Å²) in [6.45, 7) is 3.95. The number of H-pyrrole nitrogens is 1. The normalized spacial score (nSPS) is 12.0. The first-order valence-corrected chi connectivity index (χ1v) is 6.48. The molecular weight excluding hydrogens is 295 g/mol. The molecule has 0 amide bonds. The second-order valence-corrected chi connectivity index (χ2v) is 4.74. The zero-order valence-corrected chi connectivity index (χ0v) is 12.0. The smallest absolute Gasteiger partial charge is 0.0915 e. The summed E-state index contributed by atoms with van der Waals surface area (Å²) in [5, 5.41) is 7.72. The first-order valence-electron chi connectivity index (χ1n) is 5.72. The van der Waals surface area contributed by atoms with Crippen LogP contribution in [0.2, 0.25) is 10.0 Å². The van der Waals surface area contributed by atoms with Gasteiger partial charge in [-0.3, -0.25) is 5.10 Å². The highest BCUT2D eigenvalue weighted by molar-refractivity contribution is 6.42. The minimum atomic E-state index is 0.452. The van der Waals surface area contributed by atoms with Gasteiger partial charge in [0.1, 0.15) is 0 Å². The Hall–Kier alpha value is -2.04. The highest BCUT2D eigenvalue weighted by Crippen LogP contribution is 2.28. The van der Waals surface area contributed by atoms with Crippen molar-refractivity contribution in [3.05, 3.63) is 64.4 Å². The van der Waals surface area contributed by atoms with Crippen LogP contribution in [0.4, 0.5) is 0 Å². The Morgan fingerprint density at radius 2 is 2.10 bits per heavy atom. The Bertz CT molecular complexity index is 672. The summed E-state index contributed by atoms with van der Waals surface area (Å²) < 4.78 is 0. The molecule has 0 aliphatic heterocycles. The summed E-state index contributed by atoms with van der Waals surface area (Å²) in [6, 6.07) is 7.05. The van der Waals surface area contributed by atoms with E-state index in [0.29, 0.717) is 21.3 Å². The van der Waals surface area contributed by atoms with Crippen molar-refractivity contribution in [2.45, 2.75) is 0 Å². The molecule has 3 N–H and O–H groups in total. The lowest BCUT2D eigenvalue weighted by molar-refractivity contribution is 1.08. The molecular formula is C14H12Cl2N4. The van der Waals surface area contributed by atoms with Crippen LogP contribution < -0.4 is 5.73 Å². The molecule has 0 atom stereocenters. The number of allylic oxidation sites excluding steroid dienone is 2. The van der Waals surface area contributed by atoms with E-state index in [-0.39, 0.29) is 0 Å². The van der Waals surface area contributed by atoms with Crippen molar-refractivity contribution in [2.24, 2.45) is 10.7 Å². The second kappa shape index (κ2) is 6.41. The van der Waals surface area contributed by atoms with Crippen LogP contribution in [0.15, 0.2) is 48.1 Å². The number of aromatic nitrogens is 2. The third-order valence-electron chi connectivity index (χ3n) is 2.57. The summed E-state index contributed by atoms with van der Waals surface area (Å²) in [7, 11) is 0. The number of nitrogens with zero attached hydrogens (tertiary/aromatic N) is 2. The predicted molar refractivity (Wildman–Crippen MR) is 84.7 cm³/mol. The number of aromatic amines is 1. The van der Waals surface area contributed by atoms with E-state index >= 15 is 0 Å².